The van der Waals surface area contributed by atoms with Crippen LogP contribution in [-0.4, -0.2) is 31.0 Å². The van der Waals surface area contributed by atoms with Crippen molar-refractivity contribution in [2.75, 3.05) is 17.6 Å². The van der Waals surface area contributed by atoms with Crippen LogP contribution in [0.15, 0.2) is 24.4 Å². The van der Waals surface area contributed by atoms with Crippen molar-refractivity contribution in [3.63, 3.8) is 0 Å². The maximum atomic E-state index is 13.3. The number of anilines is 2. The van der Waals surface area contributed by atoms with Gasteiger partial charge in [0.25, 0.3) is 0 Å². The van der Waals surface area contributed by atoms with Crippen molar-refractivity contribution in [1.82, 2.24) is 19.5 Å². The van der Waals surface area contributed by atoms with Gasteiger partial charge in [0.1, 0.15) is 17.8 Å². The molecule has 3 aromatic rings. The Hall–Kier alpha value is -3.30. The molecule has 2 aromatic heterocycles. The SMILES string of the molecule is Cn1c(CCNc2ncc([N+](=O)[O-])c(N)n2)nc2ccc(F)cc21. The number of hydrogen-bond acceptors (Lipinski definition) is 7. The lowest BCUT2D eigenvalue weighted by Crippen LogP contribution is -2.12. The van der Waals surface area contributed by atoms with Gasteiger partial charge in [0.15, 0.2) is 0 Å². The van der Waals surface area contributed by atoms with Crippen molar-refractivity contribution in [1.29, 1.82) is 0 Å². The maximum Gasteiger partial charge on any atom is 0.329 e. The third-order valence-corrected chi connectivity index (χ3v) is 3.56. The maximum absolute atomic E-state index is 13.3. The van der Waals surface area contributed by atoms with Crippen LogP contribution < -0.4 is 11.1 Å². The van der Waals surface area contributed by atoms with Gasteiger partial charge in [-0.05, 0) is 18.2 Å². The summed E-state index contributed by atoms with van der Waals surface area (Å²) < 4.78 is 15.1. The fourth-order valence-corrected chi connectivity index (χ4v) is 2.34. The molecule has 2 heterocycles. The molecule has 3 N–H and O–H groups in total. The Morgan fingerprint density at radius 1 is 1.42 bits per heavy atom. The molecule has 0 saturated carbocycles. The number of aromatic nitrogens is 4. The van der Waals surface area contributed by atoms with Crippen molar-refractivity contribution in [2.45, 2.75) is 6.42 Å². The minimum atomic E-state index is -0.641. The number of hydrogen-bond donors (Lipinski definition) is 2. The minimum absolute atomic E-state index is 0.197. The number of nitrogen functional groups attached to an aromatic ring is 1. The highest BCUT2D eigenvalue weighted by molar-refractivity contribution is 5.75. The van der Waals surface area contributed by atoms with Gasteiger partial charge in [-0.3, -0.25) is 10.1 Å². The van der Waals surface area contributed by atoms with E-state index in [1.807, 2.05) is 11.6 Å². The Morgan fingerprint density at radius 3 is 2.92 bits per heavy atom. The van der Waals surface area contributed by atoms with Crippen LogP contribution in [0.25, 0.3) is 11.0 Å². The van der Waals surface area contributed by atoms with Crippen LogP contribution >= 0.6 is 0 Å². The highest BCUT2D eigenvalue weighted by Gasteiger charge is 2.14. The van der Waals surface area contributed by atoms with E-state index in [2.05, 4.69) is 20.3 Å². The Balaban J connectivity index is 1.69. The summed E-state index contributed by atoms with van der Waals surface area (Å²) in [5.41, 5.74) is 6.60. The number of nitro groups is 1. The summed E-state index contributed by atoms with van der Waals surface area (Å²) in [4.78, 5) is 22.2. The van der Waals surface area contributed by atoms with E-state index in [4.69, 9.17) is 5.73 Å². The number of nitrogens with zero attached hydrogens (tertiary/aromatic N) is 5. The average molecular weight is 331 g/mol. The van der Waals surface area contributed by atoms with Crippen molar-refractivity contribution in [3.05, 3.63) is 46.2 Å². The van der Waals surface area contributed by atoms with E-state index in [-0.39, 0.29) is 23.3 Å². The van der Waals surface area contributed by atoms with E-state index in [1.165, 1.54) is 12.1 Å². The molecule has 0 aliphatic carbocycles. The van der Waals surface area contributed by atoms with E-state index >= 15 is 0 Å². The molecule has 3 rings (SSSR count). The molecule has 0 fully saturated rings. The molecule has 0 amide bonds. The second-order valence-electron chi connectivity index (χ2n) is 5.12. The number of imidazole rings is 1. The molecule has 24 heavy (non-hydrogen) atoms. The van der Waals surface area contributed by atoms with Gasteiger partial charge >= 0.3 is 5.69 Å². The quantitative estimate of drug-likeness (QED) is 0.538. The van der Waals surface area contributed by atoms with E-state index in [0.717, 1.165) is 12.0 Å². The summed E-state index contributed by atoms with van der Waals surface area (Å²) >= 11 is 0. The predicted octanol–water partition coefficient (Wildman–Crippen LogP) is 1.65. The highest BCUT2D eigenvalue weighted by atomic mass is 19.1. The molecule has 0 saturated heterocycles. The second kappa shape index (κ2) is 6.07. The van der Waals surface area contributed by atoms with Crippen molar-refractivity contribution in [3.8, 4) is 0 Å². The van der Waals surface area contributed by atoms with Gasteiger partial charge in [-0.1, -0.05) is 0 Å². The molecular weight excluding hydrogens is 317 g/mol. The van der Waals surface area contributed by atoms with Gasteiger partial charge in [-0.15, -0.1) is 0 Å². The lowest BCUT2D eigenvalue weighted by Gasteiger charge is -2.05. The first-order chi connectivity index (χ1) is 11.5. The number of nitrogens with two attached hydrogens (primary N) is 1. The molecule has 0 spiro atoms. The number of benzene rings is 1. The van der Waals surface area contributed by atoms with Crippen LogP contribution in [-0.2, 0) is 13.5 Å². The van der Waals surface area contributed by atoms with Crippen LogP contribution in [0.3, 0.4) is 0 Å². The largest absolute Gasteiger partial charge is 0.378 e. The van der Waals surface area contributed by atoms with Crippen LogP contribution in [0.2, 0.25) is 0 Å². The zero-order valence-electron chi connectivity index (χ0n) is 12.7. The molecule has 10 heteroatoms. The standard InChI is InChI=1S/C14H14FN7O2/c1-21-10-6-8(15)2-3-9(10)19-12(21)4-5-17-14-18-7-11(22(23)24)13(16)20-14/h2-3,6-7H,4-5H2,1H3,(H3,16,17,18,20). The number of fused-ring (bicyclic) bond motifs is 1. The summed E-state index contributed by atoms with van der Waals surface area (Å²) in [6.45, 7) is 0.441. The number of halogens is 1. The van der Waals surface area contributed by atoms with Crippen LogP contribution in [0.4, 0.5) is 21.8 Å². The third kappa shape index (κ3) is 2.93. The van der Waals surface area contributed by atoms with Crippen LogP contribution in [0, 0.1) is 15.9 Å². The molecule has 0 bridgehead atoms. The third-order valence-electron chi connectivity index (χ3n) is 3.56. The number of nitrogens with one attached hydrogen (secondary N) is 1. The van der Waals surface area contributed by atoms with Gasteiger partial charge in [-0.25, -0.2) is 14.4 Å². The topological polar surface area (TPSA) is 125 Å². The monoisotopic (exact) mass is 331 g/mol. The number of rotatable bonds is 5. The lowest BCUT2D eigenvalue weighted by atomic mass is 10.3. The Kier molecular flexibility index (Phi) is 3.94. The first-order valence-electron chi connectivity index (χ1n) is 7.07. The van der Waals surface area contributed by atoms with Crippen molar-refractivity contribution in [2.24, 2.45) is 7.05 Å². The normalized spacial score (nSPS) is 10.9. The van der Waals surface area contributed by atoms with E-state index in [9.17, 15) is 14.5 Å². The summed E-state index contributed by atoms with van der Waals surface area (Å²) in [6, 6.07) is 4.42. The lowest BCUT2D eigenvalue weighted by molar-refractivity contribution is -0.384. The van der Waals surface area contributed by atoms with Crippen molar-refractivity contribution < 1.29 is 9.31 Å². The summed E-state index contributed by atoms with van der Waals surface area (Å²) in [6.07, 6.45) is 1.59. The second-order valence-corrected chi connectivity index (χ2v) is 5.12. The molecule has 1 aromatic carbocycles. The molecule has 124 valence electrons. The fraction of sp³-hybridized carbons (Fsp3) is 0.214. The zero-order chi connectivity index (χ0) is 17.3. The average Bonchev–Trinajstić information content (AvgIpc) is 2.83. The van der Waals surface area contributed by atoms with Gasteiger partial charge in [0.2, 0.25) is 11.8 Å². The first kappa shape index (κ1) is 15.6. The van der Waals surface area contributed by atoms with Gasteiger partial charge < -0.3 is 15.6 Å². The molecule has 0 aliphatic rings. The summed E-state index contributed by atoms with van der Waals surface area (Å²) in [7, 11) is 1.81. The van der Waals surface area contributed by atoms with E-state index in [1.54, 1.807) is 6.07 Å². The van der Waals surface area contributed by atoms with Gasteiger partial charge in [0.05, 0.1) is 16.0 Å². The Morgan fingerprint density at radius 2 is 2.21 bits per heavy atom. The van der Waals surface area contributed by atoms with E-state index < -0.39 is 4.92 Å². The summed E-state index contributed by atoms with van der Waals surface area (Å²) in [5, 5.41) is 13.6. The van der Waals surface area contributed by atoms with Gasteiger partial charge in [0, 0.05) is 20.0 Å². The smallest absolute Gasteiger partial charge is 0.329 e. The molecule has 0 unspecified atom stereocenters. The van der Waals surface area contributed by atoms with Crippen molar-refractivity contribution >= 4 is 28.5 Å². The molecule has 9 nitrogen and oxygen atoms in total. The van der Waals surface area contributed by atoms with Gasteiger partial charge in [-0.2, -0.15) is 4.98 Å². The minimum Gasteiger partial charge on any atom is -0.378 e. The molecule has 0 atom stereocenters. The van der Waals surface area contributed by atoms with Crippen LogP contribution in [0.1, 0.15) is 5.82 Å². The fourth-order valence-electron chi connectivity index (χ4n) is 2.34. The molecule has 0 radical (unpaired) electrons. The summed E-state index contributed by atoms with van der Waals surface area (Å²) in [5.74, 6) is 0.446. The zero-order valence-corrected chi connectivity index (χ0v) is 12.7. The molecular formula is C14H14FN7O2. The molecule has 0 aliphatic heterocycles. The predicted molar refractivity (Wildman–Crippen MR) is 86.0 cm³/mol. The number of aryl methyl sites for hydroxylation is 1. The Bertz CT molecular complexity index is 925. The van der Waals surface area contributed by atoms with E-state index in [0.29, 0.717) is 24.0 Å². The Labute approximate surface area is 135 Å². The first-order valence-corrected chi connectivity index (χ1v) is 7.07. The van der Waals surface area contributed by atoms with Crippen LogP contribution in [0.5, 0.6) is 0 Å². The highest BCUT2D eigenvalue weighted by Crippen LogP contribution is 2.19.